The third-order valence-electron chi connectivity index (χ3n) is 1.00. The summed E-state index contributed by atoms with van der Waals surface area (Å²) in [5, 5.41) is 10.5. The normalized spacial score (nSPS) is 9.71. The second-order valence-electron chi connectivity index (χ2n) is 3.90. The number of rotatable bonds is 2. The number of anilines is 1. The fourth-order valence-electron chi connectivity index (χ4n) is 0.584. The molecule has 0 aliphatic carbocycles. The molecule has 0 fully saturated rings. The molecular weight excluding hydrogens is 267 g/mol. The summed E-state index contributed by atoms with van der Waals surface area (Å²) in [5.41, 5.74) is 4.56. The van der Waals surface area contributed by atoms with Gasteiger partial charge < -0.3 is 15.6 Å². The zero-order valence-corrected chi connectivity index (χ0v) is 14.9. The van der Waals surface area contributed by atoms with Crippen molar-refractivity contribution in [2.24, 2.45) is 0 Å². The molecule has 0 spiro atoms. The van der Waals surface area contributed by atoms with E-state index in [0.717, 1.165) is 11.3 Å². The van der Waals surface area contributed by atoms with E-state index in [1.807, 2.05) is 0 Å². The molecule has 0 saturated heterocycles. The fraction of sp³-hybridized carbons (Fsp3) is 0.600. The van der Waals surface area contributed by atoms with Gasteiger partial charge in [0.05, 0.1) is 12.8 Å². The van der Waals surface area contributed by atoms with Crippen LogP contribution in [0.25, 0.3) is 0 Å². The molecule has 0 atom stereocenters. The second kappa shape index (κ2) is 9.43. The summed E-state index contributed by atoms with van der Waals surface area (Å²) in [6, 6.07) is 0. The number of nitrogens with two attached hydrogens (primary N) is 1. The van der Waals surface area contributed by atoms with Gasteiger partial charge in [-0.2, -0.15) is 0 Å². The van der Waals surface area contributed by atoms with Crippen molar-refractivity contribution in [3.63, 3.8) is 0 Å². The number of nitrogens with zero attached hydrogens (tertiary/aromatic N) is 1. The van der Waals surface area contributed by atoms with E-state index in [0.29, 0.717) is 16.6 Å². The largest absolute Gasteiger partial charge is 1.00 e. The number of nitrogen functional groups attached to an aromatic ring is 1. The van der Waals surface area contributed by atoms with Gasteiger partial charge in [-0.3, -0.25) is 0 Å². The Kier molecular flexibility index (Phi) is 11.0. The molecule has 1 rings (SSSR count). The van der Waals surface area contributed by atoms with Crippen LogP contribution in [-0.2, 0) is 4.74 Å². The first-order valence-corrected chi connectivity index (χ1v) is 5.64. The van der Waals surface area contributed by atoms with E-state index in [2.05, 4.69) is 4.98 Å². The third kappa shape index (κ3) is 12.7. The predicted octanol–water partition coefficient (Wildman–Crippen LogP) is -1.95. The van der Waals surface area contributed by atoms with Gasteiger partial charge in [-0.05, 0) is 6.92 Å². The summed E-state index contributed by atoms with van der Waals surface area (Å²) < 4.78 is 4.72. The summed E-state index contributed by atoms with van der Waals surface area (Å²) in [4.78, 5) is 15.1. The van der Waals surface area contributed by atoms with E-state index in [1.165, 1.54) is 6.20 Å². The van der Waals surface area contributed by atoms with Crippen molar-refractivity contribution >= 4 is 22.4 Å². The van der Waals surface area contributed by atoms with Gasteiger partial charge in [0.15, 0.2) is 5.13 Å². The van der Waals surface area contributed by atoms with Crippen LogP contribution in [0.3, 0.4) is 0 Å². The van der Waals surface area contributed by atoms with Gasteiger partial charge in [0.1, 0.15) is 4.88 Å². The molecule has 0 bridgehead atoms. The minimum atomic E-state index is -0.750. The quantitative estimate of drug-likeness (QED) is 0.504. The first-order valence-electron chi connectivity index (χ1n) is 4.83. The van der Waals surface area contributed by atoms with Gasteiger partial charge in [-0.15, -0.1) is 5.60 Å². The molecule has 0 aliphatic rings. The van der Waals surface area contributed by atoms with Crippen molar-refractivity contribution in [1.82, 2.24) is 4.98 Å². The first kappa shape index (κ1) is 19.8. The molecule has 1 aromatic rings. The SMILES string of the molecule is CC(C)(C)[O-].CCOC(=O)c1cnc(N)s1.[K+]. The Morgan fingerprint density at radius 2 is 2.06 bits per heavy atom. The van der Waals surface area contributed by atoms with Crippen molar-refractivity contribution in [3.05, 3.63) is 11.1 Å². The molecule has 5 nitrogen and oxygen atoms in total. The van der Waals surface area contributed by atoms with Gasteiger partial charge in [0, 0.05) is 0 Å². The van der Waals surface area contributed by atoms with Crippen LogP contribution in [0.1, 0.15) is 37.4 Å². The minimum absolute atomic E-state index is 0. The van der Waals surface area contributed by atoms with Crippen LogP contribution < -0.4 is 62.2 Å². The topological polar surface area (TPSA) is 88.3 Å². The van der Waals surface area contributed by atoms with Crippen LogP contribution in [0.4, 0.5) is 5.13 Å². The summed E-state index contributed by atoms with van der Waals surface area (Å²) in [6.45, 7) is 7.02. The Bertz CT molecular complexity index is 331. The molecule has 0 amide bonds. The van der Waals surface area contributed by atoms with E-state index < -0.39 is 5.60 Å². The Balaban J connectivity index is 0. The molecule has 0 unspecified atom stereocenters. The standard InChI is InChI=1S/C6H8N2O2S.C4H9O.K/c1-2-10-5(9)4-3-8-6(7)11-4;1-4(2,3)5;/h3H,2H2,1H3,(H2,7,8);1-3H3;/q;-1;+1. The van der Waals surface area contributed by atoms with Gasteiger partial charge in [0.2, 0.25) is 0 Å². The molecule has 0 radical (unpaired) electrons. The average molecular weight is 284 g/mol. The molecule has 0 aliphatic heterocycles. The van der Waals surface area contributed by atoms with Gasteiger partial charge >= 0.3 is 57.4 Å². The molecule has 7 heteroatoms. The van der Waals surface area contributed by atoms with Crippen LogP contribution in [0.15, 0.2) is 6.20 Å². The van der Waals surface area contributed by atoms with Crippen LogP contribution in [0.2, 0.25) is 0 Å². The van der Waals surface area contributed by atoms with Crippen LogP contribution in [-0.4, -0.2) is 23.2 Å². The van der Waals surface area contributed by atoms with Gasteiger partial charge in [-0.1, -0.05) is 32.1 Å². The number of carbonyl (C=O) groups excluding carboxylic acids is 1. The summed E-state index contributed by atoms with van der Waals surface area (Å²) in [7, 11) is 0. The average Bonchev–Trinajstić information content (AvgIpc) is 2.49. The smallest absolute Gasteiger partial charge is 0.850 e. The van der Waals surface area contributed by atoms with E-state index in [9.17, 15) is 9.90 Å². The molecule has 0 aromatic carbocycles. The second-order valence-corrected chi connectivity index (χ2v) is 4.96. The van der Waals surface area contributed by atoms with Crippen molar-refractivity contribution < 1.29 is 66.0 Å². The summed E-state index contributed by atoms with van der Waals surface area (Å²) >= 11 is 1.13. The van der Waals surface area contributed by atoms with Gasteiger partial charge in [-0.25, -0.2) is 9.78 Å². The summed E-state index contributed by atoms with van der Waals surface area (Å²) in [5.74, 6) is -0.360. The minimum Gasteiger partial charge on any atom is -0.850 e. The van der Waals surface area contributed by atoms with Crippen molar-refractivity contribution in [3.8, 4) is 0 Å². The number of carbonyl (C=O) groups is 1. The van der Waals surface area contributed by atoms with Crippen LogP contribution >= 0.6 is 11.3 Å². The fourth-order valence-corrected chi connectivity index (χ4v) is 1.16. The van der Waals surface area contributed by atoms with Crippen molar-refractivity contribution in [2.45, 2.75) is 33.3 Å². The maximum Gasteiger partial charge on any atom is 1.00 e. The third-order valence-corrected chi connectivity index (χ3v) is 1.81. The van der Waals surface area contributed by atoms with Crippen molar-refractivity contribution in [1.29, 1.82) is 0 Å². The Hall–Kier alpha value is 0.496. The number of hydrogen-bond acceptors (Lipinski definition) is 6. The van der Waals surface area contributed by atoms with Gasteiger partial charge in [0.25, 0.3) is 0 Å². The predicted molar refractivity (Wildman–Crippen MR) is 62.2 cm³/mol. The number of thiazole rings is 1. The number of hydrogen-bond donors (Lipinski definition) is 1. The van der Waals surface area contributed by atoms with E-state index in [1.54, 1.807) is 27.7 Å². The number of esters is 1. The Labute approximate surface area is 148 Å². The molecule has 2 N–H and O–H groups in total. The van der Waals surface area contributed by atoms with Crippen molar-refractivity contribution in [2.75, 3.05) is 12.3 Å². The Morgan fingerprint density at radius 1 is 1.59 bits per heavy atom. The molecular formula is C10H17KN2O3S. The molecule has 1 heterocycles. The van der Waals surface area contributed by atoms with Crippen LogP contribution in [0, 0.1) is 0 Å². The maximum atomic E-state index is 11.0. The van der Waals surface area contributed by atoms with E-state index in [-0.39, 0.29) is 57.4 Å². The Morgan fingerprint density at radius 3 is 2.35 bits per heavy atom. The number of ether oxygens (including phenoxy) is 1. The first-order chi connectivity index (χ1) is 7.24. The zero-order valence-electron chi connectivity index (χ0n) is 10.9. The monoisotopic (exact) mass is 284 g/mol. The maximum absolute atomic E-state index is 11.0. The molecule has 0 saturated carbocycles. The zero-order chi connectivity index (χ0) is 12.8. The molecule has 1 aromatic heterocycles. The summed E-state index contributed by atoms with van der Waals surface area (Å²) in [6.07, 6.45) is 1.41. The van der Waals surface area contributed by atoms with Crippen LogP contribution in [0.5, 0.6) is 0 Å². The molecule has 92 valence electrons. The van der Waals surface area contributed by atoms with E-state index >= 15 is 0 Å². The van der Waals surface area contributed by atoms with E-state index in [4.69, 9.17) is 10.5 Å². The number of aromatic nitrogens is 1. The molecule has 17 heavy (non-hydrogen) atoms.